The van der Waals surface area contributed by atoms with E-state index in [1.54, 1.807) is 7.11 Å². The van der Waals surface area contributed by atoms with Gasteiger partial charge in [-0.05, 0) is 6.42 Å². The highest BCUT2D eigenvalue weighted by Crippen LogP contribution is 2.08. The molecule has 0 bridgehead atoms. The van der Waals surface area contributed by atoms with E-state index in [1.165, 1.54) is 7.11 Å². The molecule has 0 spiro atoms. The monoisotopic (exact) mass is 164 g/mol. The van der Waals surface area contributed by atoms with E-state index in [1.807, 2.05) is 0 Å². The van der Waals surface area contributed by atoms with Gasteiger partial charge in [-0.1, -0.05) is 0 Å². The predicted molar refractivity (Wildman–Crippen MR) is 40.1 cm³/mol. The topological polar surface area (TPSA) is 58.9 Å². The fourth-order valence-electron chi connectivity index (χ4n) is 0.786. The van der Waals surface area contributed by atoms with Crippen molar-refractivity contribution >= 4 is 0 Å². The molecule has 0 aliphatic rings. The van der Waals surface area contributed by atoms with E-state index in [9.17, 15) is 0 Å². The average molecular weight is 164 g/mol. The minimum absolute atomic E-state index is 0.0850. The van der Waals surface area contributed by atoms with Crippen molar-refractivity contribution in [2.45, 2.75) is 12.7 Å². The Bertz CT molecular complexity index is 86.5. The number of hydrogen-bond acceptors (Lipinski definition) is 4. The molecule has 1 unspecified atom stereocenters. The van der Waals surface area contributed by atoms with Gasteiger partial charge in [0, 0.05) is 26.7 Å². The molecule has 0 radical (unpaired) electrons. The van der Waals surface area contributed by atoms with Crippen LogP contribution in [0.25, 0.3) is 0 Å². The molecule has 68 valence electrons. The Hall–Kier alpha value is -0.160. The maximum absolute atomic E-state index is 9.11. The first-order valence-electron chi connectivity index (χ1n) is 3.57. The number of aliphatic hydroxyl groups excluding tert-OH is 2. The standard InChI is InChI=1S/C7H16O4/c1-10-4-3-6(5-8)7(9)11-2/h6-9H,3-5H2,1-2H3/t6?,7-/m1/s1. The van der Waals surface area contributed by atoms with E-state index in [4.69, 9.17) is 14.9 Å². The smallest absolute Gasteiger partial charge is 0.159 e. The number of hydrogen-bond donors (Lipinski definition) is 2. The van der Waals surface area contributed by atoms with Crippen LogP contribution in [0.3, 0.4) is 0 Å². The Morgan fingerprint density at radius 2 is 2.00 bits per heavy atom. The molecule has 0 fully saturated rings. The first-order valence-corrected chi connectivity index (χ1v) is 3.57. The summed E-state index contributed by atoms with van der Waals surface area (Å²) in [7, 11) is 2.98. The zero-order valence-corrected chi connectivity index (χ0v) is 6.99. The van der Waals surface area contributed by atoms with E-state index in [-0.39, 0.29) is 12.5 Å². The molecule has 0 rings (SSSR count). The van der Waals surface area contributed by atoms with Gasteiger partial charge in [0.05, 0.1) is 6.61 Å². The number of rotatable bonds is 6. The van der Waals surface area contributed by atoms with Crippen molar-refractivity contribution in [3.63, 3.8) is 0 Å². The van der Waals surface area contributed by atoms with E-state index in [0.29, 0.717) is 13.0 Å². The summed E-state index contributed by atoms with van der Waals surface area (Å²) < 4.78 is 9.43. The molecule has 0 amide bonds. The molecule has 0 aromatic carbocycles. The molecule has 0 aromatic rings. The summed E-state index contributed by atoms with van der Waals surface area (Å²) in [6.45, 7) is 0.435. The molecule has 0 aliphatic carbocycles. The molecule has 4 heteroatoms. The van der Waals surface area contributed by atoms with Crippen molar-refractivity contribution in [3.8, 4) is 0 Å². The van der Waals surface area contributed by atoms with Crippen LogP contribution in [0.15, 0.2) is 0 Å². The molecular formula is C7H16O4. The van der Waals surface area contributed by atoms with Gasteiger partial charge in [-0.25, -0.2) is 0 Å². The van der Waals surface area contributed by atoms with Gasteiger partial charge in [-0.3, -0.25) is 0 Å². The maximum Gasteiger partial charge on any atom is 0.159 e. The molecule has 2 atom stereocenters. The highest BCUT2D eigenvalue weighted by molar-refractivity contribution is 4.59. The van der Waals surface area contributed by atoms with Crippen LogP contribution in [-0.4, -0.2) is 43.9 Å². The van der Waals surface area contributed by atoms with E-state index < -0.39 is 6.29 Å². The fourth-order valence-corrected chi connectivity index (χ4v) is 0.786. The quantitative estimate of drug-likeness (QED) is 0.524. The van der Waals surface area contributed by atoms with Gasteiger partial charge < -0.3 is 19.7 Å². The lowest BCUT2D eigenvalue weighted by atomic mass is 10.1. The normalized spacial score (nSPS) is 16.4. The molecule has 2 N–H and O–H groups in total. The Morgan fingerprint density at radius 1 is 1.36 bits per heavy atom. The van der Waals surface area contributed by atoms with Gasteiger partial charge in [0.1, 0.15) is 0 Å². The van der Waals surface area contributed by atoms with Gasteiger partial charge in [-0.15, -0.1) is 0 Å². The Kier molecular flexibility index (Phi) is 6.45. The van der Waals surface area contributed by atoms with Crippen LogP contribution in [0.2, 0.25) is 0 Å². The van der Waals surface area contributed by atoms with Gasteiger partial charge >= 0.3 is 0 Å². The van der Waals surface area contributed by atoms with Crippen LogP contribution in [0.5, 0.6) is 0 Å². The minimum atomic E-state index is -0.893. The number of methoxy groups -OCH3 is 2. The molecule has 0 aliphatic heterocycles. The van der Waals surface area contributed by atoms with Crippen LogP contribution < -0.4 is 0 Å². The minimum Gasteiger partial charge on any atom is -0.396 e. The zero-order valence-electron chi connectivity index (χ0n) is 6.99. The third-order valence-corrected chi connectivity index (χ3v) is 1.57. The molecule has 4 nitrogen and oxygen atoms in total. The van der Waals surface area contributed by atoms with Crippen molar-refractivity contribution in [2.24, 2.45) is 5.92 Å². The third-order valence-electron chi connectivity index (χ3n) is 1.57. The van der Waals surface area contributed by atoms with Gasteiger partial charge in [-0.2, -0.15) is 0 Å². The second-order valence-corrected chi connectivity index (χ2v) is 2.35. The van der Waals surface area contributed by atoms with E-state index in [2.05, 4.69) is 4.74 Å². The summed E-state index contributed by atoms with van der Waals surface area (Å²) >= 11 is 0. The van der Waals surface area contributed by atoms with Gasteiger partial charge in [0.25, 0.3) is 0 Å². The van der Waals surface area contributed by atoms with E-state index in [0.717, 1.165) is 0 Å². The predicted octanol–water partition coefficient (Wildman–Crippen LogP) is -0.404. The van der Waals surface area contributed by atoms with Crippen molar-refractivity contribution < 1.29 is 19.7 Å². The lowest BCUT2D eigenvalue weighted by Gasteiger charge is -2.18. The maximum atomic E-state index is 9.11. The first-order chi connectivity index (χ1) is 5.26. The summed E-state index contributed by atoms with van der Waals surface area (Å²) in [5.74, 6) is -0.250. The van der Waals surface area contributed by atoms with Crippen molar-refractivity contribution in [1.29, 1.82) is 0 Å². The first kappa shape index (κ1) is 10.8. The largest absolute Gasteiger partial charge is 0.396 e. The van der Waals surface area contributed by atoms with Crippen molar-refractivity contribution in [2.75, 3.05) is 27.4 Å². The van der Waals surface area contributed by atoms with Gasteiger partial charge in [0.15, 0.2) is 6.29 Å². The summed E-state index contributed by atoms with van der Waals surface area (Å²) in [4.78, 5) is 0. The summed E-state index contributed by atoms with van der Waals surface area (Å²) in [6.07, 6.45) is -0.294. The van der Waals surface area contributed by atoms with Crippen LogP contribution in [0.1, 0.15) is 6.42 Å². The van der Waals surface area contributed by atoms with Crippen molar-refractivity contribution in [3.05, 3.63) is 0 Å². The molecule has 0 heterocycles. The second-order valence-electron chi connectivity index (χ2n) is 2.35. The fraction of sp³-hybridized carbons (Fsp3) is 1.00. The lowest BCUT2D eigenvalue weighted by molar-refractivity contribution is -0.127. The van der Waals surface area contributed by atoms with E-state index >= 15 is 0 Å². The average Bonchev–Trinajstić information content (AvgIpc) is 2.05. The number of ether oxygens (including phenoxy) is 2. The zero-order chi connectivity index (χ0) is 8.69. The molecule has 0 saturated carbocycles. The van der Waals surface area contributed by atoms with Crippen molar-refractivity contribution in [1.82, 2.24) is 0 Å². The van der Waals surface area contributed by atoms with Crippen LogP contribution in [-0.2, 0) is 9.47 Å². The molecule has 11 heavy (non-hydrogen) atoms. The Morgan fingerprint density at radius 3 is 2.36 bits per heavy atom. The number of aliphatic hydroxyl groups is 2. The SMILES string of the molecule is COCCC(CO)[C@H](O)OC. The van der Waals surface area contributed by atoms with Crippen LogP contribution in [0.4, 0.5) is 0 Å². The Labute approximate surface area is 66.7 Å². The third kappa shape index (κ3) is 4.31. The summed E-state index contributed by atoms with van der Waals surface area (Å²) in [6, 6.07) is 0. The lowest BCUT2D eigenvalue weighted by Crippen LogP contribution is -2.26. The molecule has 0 aromatic heterocycles. The summed E-state index contributed by atoms with van der Waals surface area (Å²) in [5.41, 5.74) is 0. The summed E-state index contributed by atoms with van der Waals surface area (Å²) in [5, 5.41) is 17.9. The molecular weight excluding hydrogens is 148 g/mol. The van der Waals surface area contributed by atoms with Crippen LogP contribution >= 0.6 is 0 Å². The van der Waals surface area contributed by atoms with Gasteiger partial charge in [0.2, 0.25) is 0 Å². The highest BCUT2D eigenvalue weighted by Gasteiger charge is 2.16. The Balaban J connectivity index is 3.56. The molecule has 0 saturated heterocycles. The van der Waals surface area contributed by atoms with Crippen LogP contribution in [0, 0.1) is 5.92 Å². The second kappa shape index (κ2) is 6.54. The highest BCUT2D eigenvalue weighted by atomic mass is 16.6.